The maximum absolute atomic E-state index is 13.0. The molecule has 0 radical (unpaired) electrons. The fourth-order valence-electron chi connectivity index (χ4n) is 4.19. The summed E-state index contributed by atoms with van der Waals surface area (Å²) in [6.45, 7) is 2.98. The van der Waals surface area contributed by atoms with Crippen molar-refractivity contribution in [2.45, 2.75) is 50.6 Å². The van der Waals surface area contributed by atoms with E-state index >= 15 is 0 Å². The van der Waals surface area contributed by atoms with Crippen LogP contribution in [0.4, 0.5) is 26.3 Å². The summed E-state index contributed by atoms with van der Waals surface area (Å²) in [6.07, 6.45) is -8.55. The number of likely N-dealkylation sites (N-methyl/N-ethyl adjacent to an activating group) is 1. The van der Waals surface area contributed by atoms with Gasteiger partial charge in [-0.2, -0.15) is 26.3 Å². The number of carbonyl (C=O) groups excluding carboxylic acids is 1. The molecule has 1 fully saturated rings. The van der Waals surface area contributed by atoms with Crippen molar-refractivity contribution in [2.75, 3.05) is 46.4 Å². The fraction of sp³-hybridized carbons (Fsp3) is 0.536. The molecule has 0 atom stereocenters. The number of nitrogens with one attached hydrogen (secondary N) is 1. The van der Waals surface area contributed by atoms with Gasteiger partial charge < -0.3 is 20.4 Å². The third-order valence-corrected chi connectivity index (χ3v) is 6.61. The first-order valence-corrected chi connectivity index (χ1v) is 13.0. The quantitative estimate of drug-likeness (QED) is 0.391. The molecule has 2 aromatic carbocycles. The molecule has 0 unspecified atom stereocenters. The molecule has 1 aliphatic rings. The first kappa shape index (κ1) is 33.5. The number of likely N-dealkylation sites (tertiary alicyclic amines) is 1. The number of aryl methyl sites for hydroxylation is 1. The van der Waals surface area contributed by atoms with E-state index in [0.717, 1.165) is 0 Å². The normalized spacial score (nSPS) is 15.1. The lowest BCUT2D eigenvalue weighted by molar-refractivity contribution is -0.143. The van der Waals surface area contributed by atoms with Gasteiger partial charge in [0.1, 0.15) is 0 Å². The molecule has 0 bridgehead atoms. The van der Waals surface area contributed by atoms with E-state index in [1.807, 2.05) is 23.1 Å². The highest BCUT2D eigenvalue weighted by molar-refractivity contribution is 5.78. The Labute approximate surface area is 230 Å². The molecule has 2 aromatic rings. The molecular weight excluding hydrogens is 540 g/mol. The number of aliphatic hydroxyl groups is 2. The highest BCUT2D eigenvalue weighted by atomic mass is 19.4. The maximum Gasteiger partial charge on any atom is 0.416 e. The lowest BCUT2D eigenvalue weighted by Gasteiger charge is -2.34. The molecule has 0 aliphatic carbocycles. The minimum Gasteiger partial charge on any atom is -0.395 e. The number of carbonyl (C=O) groups is 1. The van der Waals surface area contributed by atoms with Crippen molar-refractivity contribution in [3.8, 4) is 0 Å². The molecule has 1 saturated heterocycles. The molecule has 0 spiro atoms. The number of rotatable bonds is 9. The Balaban J connectivity index is 0.000000693. The number of piperidine rings is 1. The molecule has 12 heteroatoms. The standard InChI is InChI=1S/C21H29F6N3O3.C7H8/c1-29(19(33)11-30-6-3-17(4-7-30)28-18(12-31)13-32)5-2-14-8-15(20(22,23)24)10-16(9-14)21(25,26)27;1-7-5-3-2-4-6-7/h8-10,17-18,28,31-32H,2-7,11-13H2,1H3;2-6H,1H3. The van der Waals surface area contributed by atoms with Crippen LogP contribution in [-0.4, -0.2) is 84.4 Å². The first-order chi connectivity index (χ1) is 18.7. The van der Waals surface area contributed by atoms with Gasteiger partial charge in [0.2, 0.25) is 5.91 Å². The topological polar surface area (TPSA) is 76.0 Å². The molecule has 224 valence electrons. The van der Waals surface area contributed by atoms with Gasteiger partial charge in [-0.1, -0.05) is 35.9 Å². The summed E-state index contributed by atoms with van der Waals surface area (Å²) in [5.41, 5.74) is -1.57. The average molecular weight is 578 g/mol. The van der Waals surface area contributed by atoms with Crippen LogP contribution in [0, 0.1) is 6.92 Å². The van der Waals surface area contributed by atoms with E-state index in [0.29, 0.717) is 38.1 Å². The van der Waals surface area contributed by atoms with Crippen LogP contribution < -0.4 is 5.32 Å². The van der Waals surface area contributed by atoms with Crippen LogP contribution in [0.15, 0.2) is 48.5 Å². The van der Waals surface area contributed by atoms with Gasteiger partial charge in [0.25, 0.3) is 0 Å². The van der Waals surface area contributed by atoms with Crippen molar-refractivity contribution in [1.82, 2.24) is 15.1 Å². The van der Waals surface area contributed by atoms with Gasteiger partial charge in [-0.15, -0.1) is 0 Å². The number of benzene rings is 2. The summed E-state index contributed by atoms with van der Waals surface area (Å²) in [4.78, 5) is 15.7. The van der Waals surface area contributed by atoms with Crippen molar-refractivity contribution >= 4 is 5.91 Å². The second kappa shape index (κ2) is 15.4. The van der Waals surface area contributed by atoms with Gasteiger partial charge in [0.15, 0.2) is 0 Å². The second-order valence-corrected chi connectivity index (χ2v) is 9.91. The first-order valence-electron chi connectivity index (χ1n) is 13.0. The molecule has 1 amide bonds. The summed E-state index contributed by atoms with van der Waals surface area (Å²) in [7, 11) is 1.46. The number of alkyl halides is 6. The average Bonchev–Trinajstić information content (AvgIpc) is 2.91. The molecule has 1 aliphatic heterocycles. The van der Waals surface area contributed by atoms with Gasteiger partial charge in [-0.05, 0) is 49.9 Å². The van der Waals surface area contributed by atoms with Crippen molar-refractivity contribution in [3.05, 3.63) is 70.8 Å². The van der Waals surface area contributed by atoms with Crippen LogP contribution in [0.2, 0.25) is 0 Å². The molecule has 3 N–H and O–H groups in total. The Bertz CT molecular complexity index is 1010. The fourth-order valence-corrected chi connectivity index (χ4v) is 4.19. The van der Waals surface area contributed by atoms with E-state index in [1.165, 1.54) is 17.5 Å². The van der Waals surface area contributed by atoms with E-state index in [-0.39, 0.29) is 56.3 Å². The Kier molecular flexibility index (Phi) is 12.9. The van der Waals surface area contributed by atoms with Crippen LogP contribution in [0.5, 0.6) is 0 Å². The van der Waals surface area contributed by atoms with E-state index in [4.69, 9.17) is 10.2 Å². The lowest BCUT2D eigenvalue weighted by Crippen LogP contribution is -2.50. The van der Waals surface area contributed by atoms with Crippen LogP contribution in [0.3, 0.4) is 0 Å². The molecule has 6 nitrogen and oxygen atoms in total. The zero-order valence-corrected chi connectivity index (χ0v) is 22.6. The van der Waals surface area contributed by atoms with Gasteiger partial charge >= 0.3 is 12.4 Å². The SMILES string of the molecule is CN(CCc1cc(C(F)(F)F)cc(C(F)(F)F)c1)C(=O)CN1CCC(NC(CO)CO)CC1.Cc1ccccc1. The summed E-state index contributed by atoms with van der Waals surface area (Å²) >= 11 is 0. The Morgan fingerprint density at radius 2 is 1.50 bits per heavy atom. The highest BCUT2D eigenvalue weighted by Crippen LogP contribution is 2.36. The smallest absolute Gasteiger partial charge is 0.395 e. The summed E-state index contributed by atoms with van der Waals surface area (Å²) < 4.78 is 78.0. The van der Waals surface area contributed by atoms with Crippen molar-refractivity contribution < 1.29 is 41.4 Å². The largest absolute Gasteiger partial charge is 0.416 e. The van der Waals surface area contributed by atoms with Crippen LogP contribution >= 0.6 is 0 Å². The minimum atomic E-state index is -4.91. The summed E-state index contributed by atoms with van der Waals surface area (Å²) in [6, 6.07) is 11.4. The van der Waals surface area contributed by atoms with E-state index in [2.05, 4.69) is 24.4 Å². The number of halogens is 6. The van der Waals surface area contributed by atoms with Gasteiger partial charge in [-0.25, -0.2) is 0 Å². The van der Waals surface area contributed by atoms with Crippen LogP contribution in [0.25, 0.3) is 0 Å². The monoisotopic (exact) mass is 577 g/mol. The van der Waals surface area contributed by atoms with E-state index < -0.39 is 29.5 Å². The van der Waals surface area contributed by atoms with Crippen molar-refractivity contribution in [1.29, 1.82) is 0 Å². The van der Waals surface area contributed by atoms with E-state index in [1.54, 1.807) is 0 Å². The molecule has 40 heavy (non-hydrogen) atoms. The van der Waals surface area contributed by atoms with Crippen molar-refractivity contribution in [3.63, 3.8) is 0 Å². The van der Waals surface area contributed by atoms with Crippen LogP contribution in [-0.2, 0) is 23.6 Å². The second-order valence-electron chi connectivity index (χ2n) is 9.91. The zero-order valence-electron chi connectivity index (χ0n) is 22.6. The molecule has 1 heterocycles. The predicted octanol–water partition coefficient (Wildman–Crippen LogP) is 4.13. The third-order valence-electron chi connectivity index (χ3n) is 6.61. The lowest BCUT2D eigenvalue weighted by atomic mass is 10.0. The molecule has 3 rings (SSSR count). The molecule has 0 saturated carbocycles. The Morgan fingerprint density at radius 3 is 1.93 bits per heavy atom. The zero-order chi connectivity index (χ0) is 29.9. The summed E-state index contributed by atoms with van der Waals surface area (Å²) in [5, 5.41) is 21.4. The van der Waals surface area contributed by atoms with E-state index in [9.17, 15) is 31.1 Å². The predicted molar refractivity (Wildman–Crippen MR) is 140 cm³/mol. The maximum atomic E-state index is 13.0. The van der Waals surface area contributed by atoms with Gasteiger partial charge in [0.05, 0.1) is 36.9 Å². The number of nitrogens with zero attached hydrogens (tertiary/aromatic N) is 2. The summed E-state index contributed by atoms with van der Waals surface area (Å²) in [5.74, 6) is -0.284. The third kappa shape index (κ3) is 11.4. The molecular formula is C28H37F6N3O3. The number of hydrogen-bond acceptors (Lipinski definition) is 5. The van der Waals surface area contributed by atoms with Gasteiger partial charge in [-0.3, -0.25) is 9.69 Å². The van der Waals surface area contributed by atoms with Crippen molar-refractivity contribution in [2.24, 2.45) is 0 Å². The Hall–Kier alpha value is -2.67. The number of aliphatic hydroxyl groups excluding tert-OH is 2. The number of hydrogen-bond donors (Lipinski definition) is 3. The minimum absolute atomic E-state index is 0.0237. The van der Waals surface area contributed by atoms with Crippen LogP contribution in [0.1, 0.15) is 35.1 Å². The van der Waals surface area contributed by atoms with Gasteiger partial charge in [0, 0.05) is 32.7 Å². The highest BCUT2D eigenvalue weighted by Gasteiger charge is 2.37. The number of amides is 1. The molecule has 0 aromatic heterocycles. The Morgan fingerprint density at radius 1 is 0.975 bits per heavy atom.